The van der Waals surface area contributed by atoms with E-state index in [4.69, 9.17) is 5.73 Å². The molecule has 0 aliphatic carbocycles. The predicted molar refractivity (Wildman–Crippen MR) is 77.9 cm³/mol. The first-order valence-electron chi connectivity index (χ1n) is 6.02. The Kier molecular flexibility index (Phi) is 6.47. The molecule has 1 heterocycles. The summed E-state index contributed by atoms with van der Waals surface area (Å²) in [6, 6.07) is 0. The fraction of sp³-hybridized carbons (Fsp3) is 0.727. The molecule has 3 N–H and O–H groups in total. The minimum absolute atomic E-state index is 0. The number of halogens is 1. The summed E-state index contributed by atoms with van der Waals surface area (Å²) in [5.74, 6) is 0.653. The van der Waals surface area contributed by atoms with Crippen molar-refractivity contribution in [3.63, 3.8) is 0 Å². The largest absolute Gasteiger partial charge is 0.337 e. The van der Waals surface area contributed by atoms with Crippen molar-refractivity contribution in [1.82, 2.24) is 14.3 Å². The Hall–Kier alpha value is -0.630. The highest BCUT2D eigenvalue weighted by Gasteiger charge is 2.25. The third kappa shape index (κ3) is 4.45. The molecule has 0 fully saturated rings. The molecular formula is C11H23ClN4O2S. The molecule has 0 saturated heterocycles. The second-order valence-corrected chi connectivity index (χ2v) is 6.35. The Balaban J connectivity index is 0.00000324. The van der Waals surface area contributed by atoms with Gasteiger partial charge in [-0.05, 0) is 19.8 Å². The van der Waals surface area contributed by atoms with Crippen molar-refractivity contribution >= 4 is 22.4 Å². The quantitative estimate of drug-likeness (QED) is 0.818. The van der Waals surface area contributed by atoms with Crippen LogP contribution in [0.2, 0.25) is 0 Å². The third-order valence-corrected chi connectivity index (χ3v) is 4.66. The molecule has 0 unspecified atom stereocenters. The van der Waals surface area contributed by atoms with Crippen LogP contribution in [0.3, 0.4) is 0 Å². The van der Waals surface area contributed by atoms with Crippen LogP contribution in [0.25, 0.3) is 0 Å². The molecule has 0 saturated carbocycles. The molecule has 0 amide bonds. The Bertz CT molecular complexity index is 489. The maximum atomic E-state index is 12.0. The summed E-state index contributed by atoms with van der Waals surface area (Å²) in [4.78, 5) is 4.01. The van der Waals surface area contributed by atoms with Gasteiger partial charge in [0.1, 0.15) is 5.82 Å². The summed E-state index contributed by atoms with van der Waals surface area (Å²) in [5.41, 5.74) is 5.56. The summed E-state index contributed by atoms with van der Waals surface area (Å²) < 4.78 is 28.3. The molecule has 8 heteroatoms. The van der Waals surface area contributed by atoms with E-state index in [-0.39, 0.29) is 24.0 Å². The maximum Gasteiger partial charge on any atom is 0.259 e. The highest BCUT2D eigenvalue weighted by Crippen LogP contribution is 2.12. The lowest BCUT2D eigenvalue weighted by atomic mass is 9.95. The third-order valence-electron chi connectivity index (χ3n) is 3.38. The zero-order valence-corrected chi connectivity index (χ0v) is 13.4. The highest BCUT2D eigenvalue weighted by atomic mass is 35.5. The number of imidazole rings is 1. The van der Waals surface area contributed by atoms with Crippen LogP contribution in [-0.2, 0) is 17.1 Å². The molecule has 0 aliphatic heterocycles. The Labute approximate surface area is 121 Å². The van der Waals surface area contributed by atoms with Crippen LogP contribution in [0, 0.1) is 6.92 Å². The number of rotatable bonds is 6. The van der Waals surface area contributed by atoms with Crippen LogP contribution in [0.1, 0.15) is 32.5 Å². The Morgan fingerprint density at radius 2 is 1.95 bits per heavy atom. The fourth-order valence-electron chi connectivity index (χ4n) is 1.47. The van der Waals surface area contributed by atoms with E-state index in [0.29, 0.717) is 18.7 Å². The van der Waals surface area contributed by atoms with Crippen molar-refractivity contribution in [3.8, 4) is 0 Å². The lowest BCUT2D eigenvalue weighted by molar-refractivity contribution is 0.391. The number of hydrogen-bond acceptors (Lipinski definition) is 4. The zero-order chi connectivity index (χ0) is 14.0. The second-order valence-electron chi connectivity index (χ2n) is 4.63. The fourth-order valence-corrected chi connectivity index (χ4v) is 2.64. The van der Waals surface area contributed by atoms with Gasteiger partial charge in [0.2, 0.25) is 0 Å². The van der Waals surface area contributed by atoms with Crippen LogP contribution in [0.15, 0.2) is 11.2 Å². The van der Waals surface area contributed by atoms with Gasteiger partial charge in [0.25, 0.3) is 10.0 Å². The monoisotopic (exact) mass is 310 g/mol. The molecule has 1 aromatic rings. The molecule has 1 aromatic heterocycles. The van der Waals surface area contributed by atoms with Gasteiger partial charge < -0.3 is 10.3 Å². The molecule has 6 nitrogen and oxygen atoms in total. The Morgan fingerprint density at radius 3 is 2.32 bits per heavy atom. The van der Waals surface area contributed by atoms with Gasteiger partial charge in [-0.2, -0.15) is 0 Å². The molecule has 0 bridgehead atoms. The average molecular weight is 311 g/mol. The number of aromatic nitrogens is 2. The maximum absolute atomic E-state index is 12.0. The molecule has 0 aromatic carbocycles. The summed E-state index contributed by atoms with van der Waals surface area (Å²) >= 11 is 0. The van der Waals surface area contributed by atoms with E-state index in [1.54, 1.807) is 18.5 Å². The van der Waals surface area contributed by atoms with Crippen LogP contribution in [-0.4, -0.2) is 30.1 Å². The first kappa shape index (κ1) is 18.4. The first-order chi connectivity index (χ1) is 8.24. The highest BCUT2D eigenvalue weighted by molar-refractivity contribution is 7.89. The molecule has 0 atom stereocenters. The summed E-state index contributed by atoms with van der Waals surface area (Å²) in [5, 5.41) is 0.0389. The van der Waals surface area contributed by atoms with Crippen molar-refractivity contribution < 1.29 is 8.42 Å². The van der Waals surface area contributed by atoms with Crippen molar-refractivity contribution in [2.24, 2.45) is 12.8 Å². The zero-order valence-electron chi connectivity index (χ0n) is 11.8. The number of sulfonamides is 1. The summed E-state index contributed by atoms with van der Waals surface area (Å²) in [6.07, 6.45) is 2.92. The van der Waals surface area contributed by atoms with Gasteiger partial charge in [-0.25, -0.2) is 18.1 Å². The molecule has 19 heavy (non-hydrogen) atoms. The van der Waals surface area contributed by atoms with E-state index in [1.165, 1.54) is 6.20 Å². The number of hydrogen-bond donors (Lipinski definition) is 2. The number of nitrogens with one attached hydrogen (secondary N) is 1. The van der Waals surface area contributed by atoms with Crippen molar-refractivity contribution in [2.75, 3.05) is 6.54 Å². The predicted octanol–water partition coefficient (Wildman–Crippen LogP) is 0.946. The van der Waals surface area contributed by atoms with Crippen molar-refractivity contribution in [3.05, 3.63) is 12.0 Å². The molecule has 0 radical (unpaired) electrons. The van der Waals surface area contributed by atoms with Gasteiger partial charge in [-0.3, -0.25) is 0 Å². The normalized spacial score (nSPS) is 12.3. The summed E-state index contributed by atoms with van der Waals surface area (Å²) in [7, 11) is -1.82. The van der Waals surface area contributed by atoms with Crippen LogP contribution < -0.4 is 10.5 Å². The van der Waals surface area contributed by atoms with Gasteiger partial charge in [0.15, 0.2) is 5.03 Å². The van der Waals surface area contributed by atoms with Gasteiger partial charge in [-0.1, -0.05) is 13.8 Å². The van der Waals surface area contributed by atoms with Gasteiger partial charge in [0.05, 0.1) is 0 Å². The minimum atomic E-state index is -3.58. The molecule has 1 rings (SSSR count). The SMILES string of the molecule is CCC(N)(CC)CNS(=O)(=O)c1cn(C)c(C)n1.Cl. The van der Waals surface area contributed by atoms with Gasteiger partial charge in [-0.15, -0.1) is 12.4 Å². The molecular weight excluding hydrogens is 288 g/mol. The van der Waals surface area contributed by atoms with E-state index in [0.717, 1.165) is 0 Å². The van der Waals surface area contributed by atoms with E-state index in [1.807, 2.05) is 13.8 Å². The van der Waals surface area contributed by atoms with E-state index < -0.39 is 15.6 Å². The van der Waals surface area contributed by atoms with Crippen LogP contribution in [0.4, 0.5) is 0 Å². The molecule has 112 valence electrons. The van der Waals surface area contributed by atoms with E-state index in [9.17, 15) is 8.42 Å². The number of aryl methyl sites for hydroxylation is 2. The minimum Gasteiger partial charge on any atom is -0.337 e. The second kappa shape index (κ2) is 6.69. The molecule has 0 aliphatic rings. The van der Waals surface area contributed by atoms with Crippen molar-refractivity contribution in [2.45, 2.75) is 44.2 Å². The lowest BCUT2D eigenvalue weighted by Gasteiger charge is -2.26. The Morgan fingerprint density at radius 1 is 1.42 bits per heavy atom. The van der Waals surface area contributed by atoms with Crippen LogP contribution in [0.5, 0.6) is 0 Å². The van der Waals surface area contributed by atoms with Crippen LogP contribution >= 0.6 is 12.4 Å². The first-order valence-corrected chi connectivity index (χ1v) is 7.51. The van der Waals surface area contributed by atoms with E-state index in [2.05, 4.69) is 9.71 Å². The lowest BCUT2D eigenvalue weighted by Crippen LogP contribution is -2.49. The smallest absolute Gasteiger partial charge is 0.259 e. The van der Waals surface area contributed by atoms with Crippen molar-refractivity contribution in [1.29, 1.82) is 0 Å². The number of nitrogens with zero attached hydrogens (tertiary/aromatic N) is 2. The van der Waals surface area contributed by atoms with Gasteiger partial charge >= 0.3 is 0 Å². The summed E-state index contributed by atoms with van der Waals surface area (Å²) in [6.45, 7) is 5.87. The molecule has 0 spiro atoms. The number of nitrogens with two attached hydrogens (primary N) is 1. The topological polar surface area (TPSA) is 90.0 Å². The average Bonchev–Trinajstić information content (AvgIpc) is 2.68. The standard InChI is InChI=1S/C11H22N4O2S.ClH/c1-5-11(12,6-2)8-13-18(16,17)10-7-15(4)9(3)14-10;/h7,13H,5-6,8,12H2,1-4H3;1H. The van der Waals surface area contributed by atoms with Gasteiger partial charge in [0, 0.05) is 25.3 Å². The van der Waals surface area contributed by atoms with E-state index >= 15 is 0 Å².